The maximum atomic E-state index is 13.7. The Kier molecular flexibility index (Phi) is 3.30. The molecule has 6 heteroatoms. The van der Waals surface area contributed by atoms with Crippen LogP contribution >= 0.6 is 0 Å². The van der Waals surface area contributed by atoms with Crippen molar-refractivity contribution in [1.29, 1.82) is 0 Å². The van der Waals surface area contributed by atoms with E-state index in [0.717, 1.165) is 12.1 Å². The van der Waals surface area contributed by atoms with E-state index in [9.17, 15) is 18.0 Å². The van der Waals surface area contributed by atoms with Crippen LogP contribution in [0.25, 0.3) is 0 Å². The Morgan fingerprint density at radius 2 is 1.89 bits per heavy atom. The minimum atomic E-state index is -1.21. The zero-order valence-electron chi connectivity index (χ0n) is 9.71. The lowest BCUT2D eigenvalue weighted by Gasteiger charge is -2.33. The number of piperidine rings is 1. The van der Waals surface area contributed by atoms with Gasteiger partial charge < -0.3 is 11.1 Å². The van der Waals surface area contributed by atoms with Crippen LogP contribution in [-0.4, -0.2) is 18.0 Å². The zero-order valence-corrected chi connectivity index (χ0v) is 9.71. The molecule has 1 saturated heterocycles. The number of hydrogen-bond donors (Lipinski definition) is 2. The van der Waals surface area contributed by atoms with Gasteiger partial charge in [0.1, 0.15) is 5.82 Å². The van der Waals surface area contributed by atoms with Crippen molar-refractivity contribution in [2.24, 2.45) is 5.73 Å². The monoisotopic (exact) mass is 258 g/mol. The number of nitrogens with two attached hydrogens (primary N) is 1. The summed E-state index contributed by atoms with van der Waals surface area (Å²) < 4.78 is 40.5. The van der Waals surface area contributed by atoms with Gasteiger partial charge in [0.05, 0.1) is 6.04 Å². The van der Waals surface area contributed by atoms with Crippen molar-refractivity contribution in [3.05, 3.63) is 35.1 Å². The molecule has 0 spiro atoms. The first-order valence-electron chi connectivity index (χ1n) is 5.61. The molecule has 3 atom stereocenters. The lowest BCUT2D eigenvalue weighted by Crippen LogP contribution is -2.53. The van der Waals surface area contributed by atoms with Crippen LogP contribution < -0.4 is 11.1 Å². The van der Waals surface area contributed by atoms with Crippen molar-refractivity contribution in [2.45, 2.75) is 31.3 Å². The van der Waals surface area contributed by atoms with Gasteiger partial charge in [0.15, 0.2) is 11.6 Å². The third kappa shape index (κ3) is 2.08. The average molecular weight is 258 g/mol. The van der Waals surface area contributed by atoms with E-state index in [4.69, 9.17) is 5.73 Å². The molecule has 0 bridgehead atoms. The predicted molar refractivity (Wildman–Crippen MR) is 59.3 cm³/mol. The van der Waals surface area contributed by atoms with Crippen molar-refractivity contribution in [1.82, 2.24) is 5.32 Å². The van der Waals surface area contributed by atoms with E-state index in [0.29, 0.717) is 0 Å². The van der Waals surface area contributed by atoms with Gasteiger partial charge in [0.2, 0.25) is 5.91 Å². The van der Waals surface area contributed by atoms with Crippen LogP contribution in [0.3, 0.4) is 0 Å². The first-order valence-corrected chi connectivity index (χ1v) is 5.61. The second-order valence-corrected chi connectivity index (χ2v) is 4.50. The van der Waals surface area contributed by atoms with Gasteiger partial charge >= 0.3 is 0 Å². The standard InChI is InChI=1S/C12H13F3N2O/c1-5-6(4-9(16)12(18)17-5)10-7(13)2-3-8(14)11(10)15/h2-3,5-6,9H,4,16H2,1H3,(H,17,18). The summed E-state index contributed by atoms with van der Waals surface area (Å²) in [6.45, 7) is 1.61. The summed E-state index contributed by atoms with van der Waals surface area (Å²) in [6.07, 6.45) is 0.0876. The van der Waals surface area contributed by atoms with Gasteiger partial charge in [-0.1, -0.05) is 0 Å². The van der Waals surface area contributed by atoms with E-state index in [1.165, 1.54) is 0 Å². The molecule has 3 nitrogen and oxygen atoms in total. The molecule has 0 aliphatic carbocycles. The lowest BCUT2D eigenvalue weighted by molar-refractivity contribution is -0.125. The van der Waals surface area contributed by atoms with Crippen molar-refractivity contribution in [2.75, 3.05) is 0 Å². The fourth-order valence-electron chi connectivity index (χ4n) is 2.27. The number of rotatable bonds is 1. The molecule has 3 unspecified atom stereocenters. The Labute approximate surface area is 102 Å². The van der Waals surface area contributed by atoms with E-state index in [2.05, 4.69) is 5.32 Å². The molecule has 1 heterocycles. The fraction of sp³-hybridized carbons (Fsp3) is 0.417. The number of halogens is 3. The molecule has 0 aromatic heterocycles. The number of hydrogen-bond acceptors (Lipinski definition) is 2. The molecule has 2 rings (SSSR count). The fourth-order valence-corrected chi connectivity index (χ4v) is 2.27. The Bertz CT molecular complexity index is 492. The average Bonchev–Trinajstić information content (AvgIpc) is 2.31. The van der Waals surface area contributed by atoms with Crippen molar-refractivity contribution < 1.29 is 18.0 Å². The molecule has 18 heavy (non-hydrogen) atoms. The Morgan fingerprint density at radius 3 is 2.56 bits per heavy atom. The van der Waals surface area contributed by atoms with E-state index >= 15 is 0 Å². The summed E-state index contributed by atoms with van der Waals surface area (Å²) in [5, 5.41) is 2.53. The van der Waals surface area contributed by atoms with Crippen molar-refractivity contribution >= 4 is 5.91 Å². The number of carbonyl (C=O) groups excluding carboxylic acids is 1. The third-order valence-corrected chi connectivity index (χ3v) is 3.27. The zero-order chi connectivity index (χ0) is 13.4. The molecule has 1 aromatic carbocycles. The van der Waals surface area contributed by atoms with E-state index < -0.39 is 35.5 Å². The Morgan fingerprint density at radius 1 is 1.28 bits per heavy atom. The summed E-state index contributed by atoms with van der Waals surface area (Å²) >= 11 is 0. The molecule has 1 aliphatic rings. The SMILES string of the molecule is CC1NC(=O)C(N)CC1c1c(F)ccc(F)c1F. The highest BCUT2D eigenvalue weighted by Gasteiger charge is 2.35. The van der Waals surface area contributed by atoms with Gasteiger partial charge in [-0.2, -0.15) is 0 Å². The maximum Gasteiger partial charge on any atom is 0.237 e. The van der Waals surface area contributed by atoms with E-state index in [-0.39, 0.29) is 17.9 Å². The largest absolute Gasteiger partial charge is 0.352 e. The predicted octanol–water partition coefficient (Wildman–Crippen LogP) is 1.42. The second kappa shape index (κ2) is 4.61. The molecule has 1 aliphatic heterocycles. The number of amides is 1. The quantitative estimate of drug-likeness (QED) is 0.749. The molecule has 3 N–H and O–H groups in total. The highest BCUT2D eigenvalue weighted by Crippen LogP contribution is 2.32. The molecule has 0 radical (unpaired) electrons. The van der Waals surface area contributed by atoms with Gasteiger partial charge in [-0.25, -0.2) is 13.2 Å². The van der Waals surface area contributed by atoms with Crippen molar-refractivity contribution in [3.63, 3.8) is 0 Å². The number of carbonyl (C=O) groups is 1. The summed E-state index contributed by atoms with van der Waals surface area (Å²) in [5.41, 5.74) is 5.21. The van der Waals surface area contributed by atoms with Crippen LogP contribution in [0.2, 0.25) is 0 Å². The first kappa shape index (κ1) is 12.9. The van der Waals surface area contributed by atoms with Gasteiger partial charge in [0.25, 0.3) is 0 Å². The van der Waals surface area contributed by atoms with Gasteiger partial charge in [-0.05, 0) is 25.5 Å². The van der Waals surface area contributed by atoms with Crippen LogP contribution in [0.5, 0.6) is 0 Å². The van der Waals surface area contributed by atoms with Gasteiger partial charge in [-0.15, -0.1) is 0 Å². The molecule has 98 valence electrons. The highest BCUT2D eigenvalue weighted by molar-refractivity contribution is 5.83. The van der Waals surface area contributed by atoms with E-state index in [1.54, 1.807) is 6.92 Å². The number of benzene rings is 1. The van der Waals surface area contributed by atoms with Crippen LogP contribution in [0.1, 0.15) is 24.8 Å². The molecular formula is C12H13F3N2O. The Balaban J connectivity index is 2.42. The highest BCUT2D eigenvalue weighted by atomic mass is 19.2. The minimum absolute atomic E-state index is 0.0876. The van der Waals surface area contributed by atoms with Crippen LogP contribution in [0, 0.1) is 17.5 Å². The number of nitrogens with one attached hydrogen (secondary N) is 1. The third-order valence-electron chi connectivity index (χ3n) is 3.27. The van der Waals surface area contributed by atoms with Gasteiger partial charge in [-0.3, -0.25) is 4.79 Å². The summed E-state index contributed by atoms with van der Waals surface area (Å²) in [5.74, 6) is -4.18. The first-order chi connectivity index (χ1) is 8.41. The smallest absolute Gasteiger partial charge is 0.237 e. The van der Waals surface area contributed by atoms with E-state index in [1.807, 2.05) is 0 Å². The van der Waals surface area contributed by atoms with Crippen LogP contribution in [0.15, 0.2) is 12.1 Å². The Hall–Kier alpha value is -1.56. The summed E-state index contributed by atoms with van der Waals surface area (Å²) in [6, 6.07) is 0.277. The normalized spacial score (nSPS) is 28.1. The topological polar surface area (TPSA) is 55.1 Å². The van der Waals surface area contributed by atoms with Crippen molar-refractivity contribution in [3.8, 4) is 0 Å². The molecular weight excluding hydrogens is 245 g/mol. The summed E-state index contributed by atoms with van der Waals surface area (Å²) in [7, 11) is 0. The lowest BCUT2D eigenvalue weighted by atomic mass is 9.83. The molecule has 1 aromatic rings. The summed E-state index contributed by atoms with van der Waals surface area (Å²) in [4.78, 5) is 11.3. The molecule has 1 amide bonds. The second-order valence-electron chi connectivity index (χ2n) is 4.50. The van der Waals surface area contributed by atoms with Crippen LogP contribution in [0.4, 0.5) is 13.2 Å². The minimum Gasteiger partial charge on any atom is -0.352 e. The molecule has 0 saturated carbocycles. The molecule has 1 fully saturated rings. The van der Waals surface area contributed by atoms with Crippen LogP contribution in [-0.2, 0) is 4.79 Å². The van der Waals surface area contributed by atoms with Gasteiger partial charge in [0, 0.05) is 17.5 Å². The maximum absolute atomic E-state index is 13.7.